The molecule has 5 aromatic carbocycles. The van der Waals surface area contributed by atoms with Gasteiger partial charge in [0.1, 0.15) is 24.4 Å². The van der Waals surface area contributed by atoms with Gasteiger partial charge in [-0.05, 0) is 95.1 Å². The lowest BCUT2D eigenvalue weighted by molar-refractivity contribution is -0.299. The van der Waals surface area contributed by atoms with E-state index in [9.17, 15) is 94.9 Å². The SMILES string of the molecule is CC(=O)N[C@H]1[C@H]([C@H](O)[C@H](O)CNC(=O)c2ccc(-c3ccccc3)cc2)O[C@@](OCCCSCCNC(=O)c2ccc(C(=O)NCCSCCCO[C@]3(C(=O)O)C[C@H](NS(=O)(=O)O)[C@@H](NC(C)=O)[C@H]([C@H](O)[C@H](O)CNC(=O)c4ccc(-c5ccccc5)cc4)O3)cc2)(C(=O)O)C[C@@H]1NS(=O)(=O)O. The molecule has 2 aliphatic heterocycles. The Morgan fingerprint density at radius 1 is 0.471 bits per heavy atom. The average molecular weight is 1500 g/mol. The maximum absolute atomic E-state index is 13.1. The van der Waals surface area contributed by atoms with Crippen molar-refractivity contribution < 1.29 is 114 Å². The van der Waals surface area contributed by atoms with Gasteiger partial charge in [0.05, 0.1) is 49.6 Å². The number of hydrogen-bond acceptors (Lipinski definition) is 22. The van der Waals surface area contributed by atoms with Gasteiger partial charge >= 0.3 is 32.5 Å². The number of carboxylic acids is 2. The zero-order valence-electron chi connectivity index (χ0n) is 55.1. The van der Waals surface area contributed by atoms with E-state index >= 15 is 0 Å². The molecule has 0 radical (unpaired) electrons. The second-order valence-electron chi connectivity index (χ2n) is 23.7. The van der Waals surface area contributed by atoms with Crippen LogP contribution >= 0.6 is 23.5 Å². The normalized spacial score (nSPS) is 21.8. The molecule has 32 nitrogen and oxygen atoms in total. The molecule has 12 atom stereocenters. The number of aliphatic hydroxyl groups excluding tert-OH is 4. The second-order valence-corrected chi connectivity index (χ2v) is 28.5. The van der Waals surface area contributed by atoms with Gasteiger partial charge in [-0.15, -0.1) is 0 Å². The summed E-state index contributed by atoms with van der Waals surface area (Å²) in [7, 11) is -10.2. The van der Waals surface area contributed by atoms with Gasteiger partial charge in [0.15, 0.2) is 0 Å². The summed E-state index contributed by atoms with van der Waals surface area (Å²) in [6.07, 6.45) is -13.3. The number of thioether (sulfide) groups is 2. The predicted octanol–water partition coefficient (Wildman–Crippen LogP) is 0.735. The molecule has 102 heavy (non-hydrogen) atoms. The Hall–Kier alpha value is -8.02. The van der Waals surface area contributed by atoms with Gasteiger partial charge in [-0.25, -0.2) is 9.59 Å². The van der Waals surface area contributed by atoms with Gasteiger partial charge in [0.25, 0.3) is 35.2 Å². The lowest BCUT2D eigenvalue weighted by Crippen LogP contribution is -2.71. The molecule has 5 aromatic rings. The smallest absolute Gasteiger partial charge is 0.364 e. The van der Waals surface area contributed by atoms with E-state index in [0.717, 1.165) is 36.1 Å². The quantitative estimate of drug-likeness (QED) is 0.0191. The number of nitrogens with one attached hydrogen (secondary N) is 8. The van der Waals surface area contributed by atoms with Crippen LogP contribution in [0.5, 0.6) is 0 Å². The molecule has 16 N–H and O–H groups in total. The third-order valence-corrected chi connectivity index (χ3v) is 19.5. The highest BCUT2D eigenvalue weighted by atomic mass is 32.2. The average Bonchev–Trinajstić information content (AvgIpc) is 0.766. The lowest BCUT2D eigenvalue weighted by Gasteiger charge is -2.48. The van der Waals surface area contributed by atoms with Crippen LogP contribution in [0, 0.1) is 0 Å². The van der Waals surface area contributed by atoms with Crippen molar-refractivity contribution in [2.45, 2.75) is 112 Å². The van der Waals surface area contributed by atoms with E-state index in [1.807, 2.05) is 70.1 Å². The van der Waals surface area contributed by atoms with E-state index in [0.29, 0.717) is 23.0 Å². The molecule has 0 saturated carbocycles. The van der Waals surface area contributed by atoms with Crippen LogP contribution < -0.4 is 41.3 Å². The van der Waals surface area contributed by atoms with Crippen LogP contribution in [0.3, 0.4) is 0 Å². The molecule has 0 unspecified atom stereocenters. The van der Waals surface area contributed by atoms with Gasteiger partial charge in [-0.1, -0.05) is 84.9 Å². The first-order valence-corrected chi connectivity index (χ1v) is 37.1. The minimum absolute atomic E-state index is 0.162. The second kappa shape index (κ2) is 37.9. The summed E-state index contributed by atoms with van der Waals surface area (Å²) < 4.78 is 95.2. The summed E-state index contributed by atoms with van der Waals surface area (Å²) in [6.45, 7) is 0.505. The number of aliphatic carboxylic acids is 2. The lowest BCUT2D eigenvalue weighted by atomic mass is 9.87. The van der Waals surface area contributed by atoms with Gasteiger partial charge in [-0.3, -0.25) is 37.9 Å². The molecule has 6 amide bonds. The maximum Gasteiger partial charge on any atom is 0.364 e. The van der Waals surface area contributed by atoms with Gasteiger partial charge in [-0.2, -0.15) is 49.8 Å². The Bertz CT molecular complexity index is 3650. The molecule has 0 aromatic heterocycles. The first-order chi connectivity index (χ1) is 48.4. The molecule has 0 bridgehead atoms. The number of carboxylic acid groups (broad SMARTS) is 2. The van der Waals surface area contributed by atoms with E-state index < -0.39 is 166 Å². The molecule has 554 valence electrons. The minimum Gasteiger partial charge on any atom is -0.477 e. The number of hydrogen-bond donors (Lipinski definition) is 16. The number of carbonyl (C=O) groups excluding carboxylic acids is 6. The fourth-order valence-electron chi connectivity index (χ4n) is 11.2. The molecule has 7 rings (SSSR count). The van der Waals surface area contributed by atoms with Crippen molar-refractivity contribution in [3.05, 3.63) is 156 Å². The van der Waals surface area contributed by atoms with E-state index in [-0.39, 0.29) is 61.4 Å². The van der Waals surface area contributed by atoms with Crippen molar-refractivity contribution in [1.82, 2.24) is 41.3 Å². The molecule has 2 saturated heterocycles. The highest BCUT2D eigenvalue weighted by molar-refractivity contribution is 7.99. The number of ether oxygens (including phenoxy) is 4. The fourth-order valence-corrected chi connectivity index (χ4v) is 14.0. The third kappa shape index (κ3) is 24.0. The summed E-state index contributed by atoms with van der Waals surface area (Å²) in [5.74, 6) is -11.4. The van der Waals surface area contributed by atoms with E-state index in [1.165, 1.54) is 47.8 Å². The van der Waals surface area contributed by atoms with Crippen LogP contribution in [0.15, 0.2) is 133 Å². The number of benzene rings is 5. The number of rotatable bonds is 38. The monoisotopic (exact) mass is 1500 g/mol. The minimum atomic E-state index is -5.11. The van der Waals surface area contributed by atoms with Gasteiger partial charge < -0.3 is 81.5 Å². The van der Waals surface area contributed by atoms with Crippen LogP contribution in [-0.2, 0) is 58.7 Å². The van der Waals surface area contributed by atoms with Crippen LogP contribution in [0.25, 0.3) is 22.3 Å². The summed E-state index contributed by atoms with van der Waals surface area (Å²) in [5.41, 5.74) is 4.30. The van der Waals surface area contributed by atoms with Crippen LogP contribution in [0.1, 0.15) is 81.0 Å². The molecular weight excluding hydrogens is 1420 g/mol. The first-order valence-electron chi connectivity index (χ1n) is 31.9. The highest BCUT2D eigenvalue weighted by Gasteiger charge is 2.58. The zero-order valence-corrected chi connectivity index (χ0v) is 58.4. The van der Waals surface area contributed by atoms with Crippen LogP contribution in [0.4, 0.5) is 0 Å². The summed E-state index contributed by atoms with van der Waals surface area (Å²) in [6, 6.07) is 30.8. The van der Waals surface area contributed by atoms with Crippen molar-refractivity contribution in [3.8, 4) is 22.3 Å². The van der Waals surface area contributed by atoms with Gasteiger partial charge in [0.2, 0.25) is 11.8 Å². The number of aliphatic hydroxyl groups is 4. The Kier molecular flexibility index (Phi) is 30.2. The van der Waals surface area contributed by atoms with Crippen molar-refractivity contribution in [3.63, 3.8) is 0 Å². The molecule has 0 spiro atoms. The molecule has 2 aliphatic rings. The zero-order chi connectivity index (χ0) is 74.4. The standard InChI is InChI=1S/C66H82N8O24S4/c1-39(75)71-53-49(73-101(89,90)91)35-65(63(85)86,97-57(53)55(79)51(77)37-69-61(83)47-19-15-43(16-20-47)41-11-5-3-6-12-41)95-29-9-31-99-33-27-67-59(81)45-23-25-46(26-24-45)60(82)68-28-34-100-32-10-30-96-66(64(87)88)36-50(74-102(92,93)94)54(72-40(2)76)58(98-66)56(80)52(78)38-70-62(84)48-21-17-44(18-22-48)42-13-7-4-8-14-42/h3-8,11-26,49-58,73-74,77-80H,9-10,27-38H2,1-2H3,(H,67,81)(H,68,82)(H,69,83)(H,70,84)(H,71,75)(H,72,76)(H,85,86)(H,87,88)(H,89,90,91)(H,92,93,94)/t49-,50-,51+,52+,53+,54+,55+,56+,57+,58+,65+,66+/m0/s1. The summed E-state index contributed by atoms with van der Waals surface area (Å²) in [4.78, 5) is 103. The molecule has 2 fully saturated rings. The van der Waals surface area contributed by atoms with Crippen LogP contribution in [0.2, 0.25) is 0 Å². The van der Waals surface area contributed by atoms with Crippen molar-refractivity contribution in [1.29, 1.82) is 0 Å². The number of carbonyl (C=O) groups is 8. The predicted molar refractivity (Wildman–Crippen MR) is 371 cm³/mol. The first kappa shape index (κ1) is 81.3. The van der Waals surface area contributed by atoms with Gasteiger partial charge in [0, 0.05) is 86.6 Å². The molecular formula is C66H82N8O24S4. The van der Waals surface area contributed by atoms with Crippen molar-refractivity contribution >= 4 is 91.5 Å². The summed E-state index contributed by atoms with van der Waals surface area (Å²) >= 11 is 2.68. The Morgan fingerprint density at radius 2 is 0.775 bits per heavy atom. The third-order valence-electron chi connectivity index (χ3n) is 16.1. The van der Waals surface area contributed by atoms with Crippen molar-refractivity contribution in [2.24, 2.45) is 0 Å². The van der Waals surface area contributed by atoms with Crippen LogP contribution in [-0.4, -0.2) is 239 Å². The Balaban J connectivity index is 0.823. The topological polar surface area (TPSA) is 500 Å². The largest absolute Gasteiger partial charge is 0.477 e. The Labute approximate surface area is 595 Å². The molecule has 2 heterocycles. The summed E-state index contributed by atoms with van der Waals surface area (Å²) in [5, 5.41) is 81.5. The van der Waals surface area contributed by atoms with E-state index in [1.54, 1.807) is 48.5 Å². The fraction of sp³-hybridized carbons (Fsp3) is 0.424. The van der Waals surface area contributed by atoms with Crippen molar-refractivity contribution in [2.75, 3.05) is 62.4 Å². The highest BCUT2D eigenvalue weighted by Crippen LogP contribution is 2.36. The Morgan fingerprint density at radius 3 is 1.08 bits per heavy atom. The molecule has 36 heteroatoms. The van der Waals surface area contributed by atoms with E-state index in [2.05, 4.69) is 31.9 Å². The number of amides is 6. The maximum atomic E-state index is 13.1. The van der Waals surface area contributed by atoms with E-state index in [4.69, 9.17) is 18.9 Å². The molecule has 0 aliphatic carbocycles.